The first-order valence-electron chi connectivity index (χ1n) is 9.32. The number of nitrogens with one attached hydrogen (secondary N) is 1. The molecule has 4 rings (SSSR count). The van der Waals surface area contributed by atoms with Crippen LogP contribution in [-0.2, 0) is 11.2 Å². The molecule has 1 aliphatic heterocycles. The second kappa shape index (κ2) is 6.27. The molecular formula is C20H28N2O. The van der Waals surface area contributed by atoms with Crippen LogP contribution in [0.5, 0.6) is 0 Å². The van der Waals surface area contributed by atoms with E-state index in [-0.39, 0.29) is 5.41 Å². The first-order valence-corrected chi connectivity index (χ1v) is 9.32. The van der Waals surface area contributed by atoms with Crippen LogP contribution in [0.4, 0.5) is 0 Å². The quantitative estimate of drug-likeness (QED) is 0.931. The number of carbonyl (C=O) groups is 1. The van der Waals surface area contributed by atoms with Crippen LogP contribution in [0.1, 0.15) is 37.7 Å². The van der Waals surface area contributed by atoms with E-state index in [2.05, 4.69) is 40.5 Å². The summed E-state index contributed by atoms with van der Waals surface area (Å²) in [6, 6.07) is 10.7. The summed E-state index contributed by atoms with van der Waals surface area (Å²) in [5.74, 6) is 1.85. The number of hydrogen-bond acceptors (Lipinski definition) is 2. The zero-order valence-electron chi connectivity index (χ0n) is 14.0. The summed E-state index contributed by atoms with van der Waals surface area (Å²) in [7, 11) is 0. The van der Waals surface area contributed by atoms with Gasteiger partial charge in [0.25, 0.3) is 0 Å². The largest absolute Gasteiger partial charge is 0.341 e. The van der Waals surface area contributed by atoms with Crippen LogP contribution in [0.3, 0.4) is 0 Å². The lowest BCUT2D eigenvalue weighted by Crippen LogP contribution is -2.49. The highest BCUT2D eigenvalue weighted by molar-refractivity contribution is 5.84. The van der Waals surface area contributed by atoms with E-state index in [9.17, 15) is 4.79 Å². The van der Waals surface area contributed by atoms with Crippen molar-refractivity contribution in [2.24, 2.45) is 17.3 Å². The third-order valence-corrected chi connectivity index (χ3v) is 6.39. The first kappa shape index (κ1) is 15.2. The minimum Gasteiger partial charge on any atom is -0.341 e. The molecule has 1 saturated heterocycles. The van der Waals surface area contributed by atoms with Gasteiger partial charge in [0.15, 0.2) is 0 Å². The second-order valence-corrected chi connectivity index (χ2v) is 7.79. The van der Waals surface area contributed by atoms with Crippen LogP contribution in [0.25, 0.3) is 0 Å². The van der Waals surface area contributed by atoms with Crippen LogP contribution in [0, 0.1) is 17.3 Å². The fourth-order valence-electron chi connectivity index (χ4n) is 5.32. The summed E-state index contributed by atoms with van der Waals surface area (Å²) >= 11 is 0. The van der Waals surface area contributed by atoms with E-state index < -0.39 is 0 Å². The van der Waals surface area contributed by atoms with Crippen molar-refractivity contribution in [2.75, 3.05) is 26.2 Å². The van der Waals surface area contributed by atoms with Crippen molar-refractivity contribution in [3.8, 4) is 0 Å². The molecule has 124 valence electrons. The Morgan fingerprint density at radius 3 is 2.78 bits per heavy atom. The lowest BCUT2D eigenvalue weighted by atomic mass is 9.68. The van der Waals surface area contributed by atoms with Gasteiger partial charge in [-0.05, 0) is 56.0 Å². The molecule has 1 heterocycles. The maximum Gasteiger partial charge on any atom is 0.229 e. The molecule has 0 radical (unpaired) electrons. The normalized spacial score (nSPS) is 33.7. The van der Waals surface area contributed by atoms with Gasteiger partial charge in [0.1, 0.15) is 0 Å². The Morgan fingerprint density at radius 1 is 1.17 bits per heavy atom. The van der Waals surface area contributed by atoms with Gasteiger partial charge in [0, 0.05) is 19.6 Å². The molecule has 2 bridgehead atoms. The number of fused-ring (bicyclic) bond motifs is 2. The maximum atomic E-state index is 13.6. The highest BCUT2D eigenvalue weighted by atomic mass is 16.2. The van der Waals surface area contributed by atoms with Gasteiger partial charge in [0.05, 0.1) is 5.41 Å². The van der Waals surface area contributed by atoms with E-state index in [0.29, 0.717) is 11.8 Å². The summed E-state index contributed by atoms with van der Waals surface area (Å²) in [5, 5.41) is 3.42. The number of carbonyl (C=O) groups excluding carboxylic acids is 1. The summed E-state index contributed by atoms with van der Waals surface area (Å²) in [5.41, 5.74) is 1.22. The Bertz CT molecular complexity index is 550. The molecule has 2 aliphatic carbocycles. The average molecular weight is 312 g/mol. The number of benzene rings is 1. The van der Waals surface area contributed by atoms with Gasteiger partial charge in [-0.1, -0.05) is 36.8 Å². The van der Waals surface area contributed by atoms with E-state index in [0.717, 1.165) is 51.4 Å². The fourth-order valence-corrected chi connectivity index (χ4v) is 5.32. The lowest BCUT2D eigenvalue weighted by Gasteiger charge is -2.40. The molecule has 1 aromatic rings. The van der Waals surface area contributed by atoms with E-state index >= 15 is 0 Å². The minimum absolute atomic E-state index is 0.116. The molecule has 1 amide bonds. The molecule has 1 aromatic carbocycles. The lowest BCUT2D eigenvalue weighted by molar-refractivity contribution is -0.145. The van der Waals surface area contributed by atoms with Crippen molar-refractivity contribution >= 4 is 5.91 Å². The van der Waals surface area contributed by atoms with Gasteiger partial charge in [-0.25, -0.2) is 0 Å². The molecule has 3 heteroatoms. The average Bonchev–Trinajstić information content (AvgIpc) is 3.07. The van der Waals surface area contributed by atoms with Gasteiger partial charge in [-0.15, -0.1) is 0 Å². The first-order chi connectivity index (χ1) is 11.3. The maximum absolute atomic E-state index is 13.6. The molecule has 3 fully saturated rings. The monoisotopic (exact) mass is 312 g/mol. The Morgan fingerprint density at radius 2 is 2.04 bits per heavy atom. The Balaban J connectivity index is 1.61. The summed E-state index contributed by atoms with van der Waals surface area (Å²) in [4.78, 5) is 15.7. The number of amides is 1. The van der Waals surface area contributed by atoms with E-state index in [1.54, 1.807) is 0 Å². The third-order valence-electron chi connectivity index (χ3n) is 6.39. The smallest absolute Gasteiger partial charge is 0.229 e. The van der Waals surface area contributed by atoms with Crippen molar-refractivity contribution in [2.45, 2.75) is 38.5 Å². The van der Waals surface area contributed by atoms with E-state index in [4.69, 9.17) is 0 Å². The third kappa shape index (κ3) is 2.80. The molecule has 0 spiro atoms. The van der Waals surface area contributed by atoms with Gasteiger partial charge in [0.2, 0.25) is 5.91 Å². The second-order valence-electron chi connectivity index (χ2n) is 7.79. The number of nitrogens with zero attached hydrogens (tertiary/aromatic N) is 1. The Labute approximate surface area is 139 Å². The Hall–Kier alpha value is -1.35. The van der Waals surface area contributed by atoms with Crippen molar-refractivity contribution < 1.29 is 4.79 Å². The van der Waals surface area contributed by atoms with E-state index in [1.165, 1.54) is 24.8 Å². The zero-order chi connectivity index (χ0) is 15.7. The van der Waals surface area contributed by atoms with Gasteiger partial charge in [-0.2, -0.15) is 0 Å². The molecule has 2 saturated carbocycles. The molecule has 3 atom stereocenters. The molecule has 0 aromatic heterocycles. The van der Waals surface area contributed by atoms with Crippen LogP contribution >= 0.6 is 0 Å². The minimum atomic E-state index is -0.116. The summed E-state index contributed by atoms with van der Waals surface area (Å²) in [6.07, 6.45) is 7.03. The van der Waals surface area contributed by atoms with Gasteiger partial charge >= 0.3 is 0 Å². The van der Waals surface area contributed by atoms with Crippen LogP contribution in [0.2, 0.25) is 0 Å². The van der Waals surface area contributed by atoms with Crippen molar-refractivity contribution in [3.05, 3.63) is 35.9 Å². The number of hydrogen-bond donors (Lipinski definition) is 1. The van der Waals surface area contributed by atoms with Gasteiger partial charge in [-0.3, -0.25) is 4.79 Å². The molecule has 3 aliphatic rings. The predicted octanol–water partition coefficient (Wildman–Crippen LogP) is 2.86. The fraction of sp³-hybridized carbons (Fsp3) is 0.650. The van der Waals surface area contributed by atoms with Crippen LogP contribution in [0.15, 0.2) is 30.3 Å². The topological polar surface area (TPSA) is 32.3 Å². The van der Waals surface area contributed by atoms with Crippen molar-refractivity contribution in [3.63, 3.8) is 0 Å². The molecule has 1 N–H and O–H groups in total. The van der Waals surface area contributed by atoms with E-state index in [1.807, 2.05) is 0 Å². The summed E-state index contributed by atoms with van der Waals surface area (Å²) < 4.78 is 0. The van der Waals surface area contributed by atoms with Crippen molar-refractivity contribution in [1.82, 2.24) is 10.2 Å². The Kier molecular flexibility index (Phi) is 4.14. The molecule has 3 nitrogen and oxygen atoms in total. The summed E-state index contributed by atoms with van der Waals surface area (Å²) in [6.45, 7) is 3.80. The van der Waals surface area contributed by atoms with Crippen molar-refractivity contribution in [1.29, 1.82) is 0 Å². The van der Waals surface area contributed by atoms with Crippen LogP contribution in [-0.4, -0.2) is 37.0 Å². The SMILES string of the molecule is O=C(N1CCCNCC1)C1(Cc2ccccc2)CC2CCC1C2. The van der Waals surface area contributed by atoms with Gasteiger partial charge < -0.3 is 10.2 Å². The molecular weight excluding hydrogens is 284 g/mol. The highest BCUT2D eigenvalue weighted by Gasteiger charge is 2.56. The molecule has 3 unspecified atom stereocenters. The van der Waals surface area contributed by atoms with Crippen LogP contribution < -0.4 is 5.32 Å². The number of rotatable bonds is 3. The zero-order valence-corrected chi connectivity index (χ0v) is 14.0. The molecule has 23 heavy (non-hydrogen) atoms. The standard InChI is InChI=1S/C20H28N2O/c23-19(22-11-4-9-21-10-12-22)20(14-16-5-2-1-3-6-16)15-17-7-8-18(20)13-17/h1-3,5-6,17-18,21H,4,7-15H2. The highest BCUT2D eigenvalue weighted by Crippen LogP contribution is 2.58. The predicted molar refractivity (Wildman–Crippen MR) is 92.1 cm³/mol.